The van der Waals surface area contributed by atoms with Crippen LogP contribution in [0.5, 0.6) is 0 Å². The molecule has 2 nitrogen and oxygen atoms in total. The third kappa shape index (κ3) is 1.88. The first-order chi connectivity index (χ1) is 7.18. The second kappa shape index (κ2) is 3.81. The molecule has 0 bridgehead atoms. The van der Waals surface area contributed by atoms with Crippen LogP contribution >= 0.6 is 0 Å². The average Bonchev–Trinajstić information content (AvgIpc) is 2.67. The number of hydrogen-bond acceptors (Lipinski definition) is 1. The van der Waals surface area contributed by atoms with Crippen LogP contribution in [-0.2, 0) is 0 Å². The Hall–Kier alpha value is -1.71. The molecule has 4 heteroatoms. The van der Waals surface area contributed by atoms with Gasteiger partial charge >= 0.3 is 0 Å². The molecule has 0 N–H and O–H groups in total. The van der Waals surface area contributed by atoms with Gasteiger partial charge in [0.25, 0.3) is 6.43 Å². The van der Waals surface area contributed by atoms with Gasteiger partial charge in [-0.25, -0.2) is 13.5 Å². The number of nitrogens with zero attached hydrogens (tertiary/aromatic N) is 2. The molecule has 0 aliphatic heterocycles. The van der Waals surface area contributed by atoms with Gasteiger partial charge in [-0.15, -0.1) is 0 Å². The molecule has 2 rings (SSSR count). The van der Waals surface area contributed by atoms with Gasteiger partial charge in [0.05, 0.1) is 5.69 Å². The molecule has 0 spiro atoms. The van der Waals surface area contributed by atoms with Crippen molar-refractivity contribution in [1.82, 2.24) is 9.78 Å². The third-order valence-electron chi connectivity index (χ3n) is 2.20. The van der Waals surface area contributed by atoms with Crippen LogP contribution in [-0.4, -0.2) is 9.78 Å². The predicted octanol–water partition coefficient (Wildman–Crippen LogP) is 3.12. The molecule has 2 aromatic rings. The molecular formula is C11H10F2N2. The van der Waals surface area contributed by atoms with Gasteiger partial charge in [-0.1, -0.05) is 18.2 Å². The number of benzene rings is 1. The first kappa shape index (κ1) is 9.83. The molecule has 15 heavy (non-hydrogen) atoms. The van der Waals surface area contributed by atoms with Crippen molar-refractivity contribution in [2.45, 2.75) is 13.3 Å². The van der Waals surface area contributed by atoms with Crippen LogP contribution < -0.4 is 0 Å². The van der Waals surface area contributed by atoms with E-state index in [1.165, 1.54) is 10.7 Å². The third-order valence-corrected chi connectivity index (χ3v) is 2.20. The number of hydrogen-bond donors (Lipinski definition) is 0. The Morgan fingerprint density at radius 3 is 2.53 bits per heavy atom. The average molecular weight is 208 g/mol. The molecule has 0 amide bonds. The minimum Gasteiger partial charge on any atom is -0.240 e. The van der Waals surface area contributed by atoms with Gasteiger partial charge in [0.1, 0.15) is 5.69 Å². The number of rotatable bonds is 2. The van der Waals surface area contributed by atoms with Crippen molar-refractivity contribution in [3.63, 3.8) is 0 Å². The number of halogens is 2. The van der Waals surface area contributed by atoms with Gasteiger partial charge in [-0.05, 0) is 24.6 Å². The summed E-state index contributed by atoms with van der Waals surface area (Å²) in [6.07, 6.45) is -0.973. The van der Waals surface area contributed by atoms with Crippen LogP contribution in [0.3, 0.4) is 0 Å². The topological polar surface area (TPSA) is 17.8 Å². The lowest BCUT2D eigenvalue weighted by Gasteiger charge is -2.04. The van der Waals surface area contributed by atoms with Crippen LogP contribution in [0.2, 0.25) is 0 Å². The molecule has 1 aromatic heterocycles. The molecule has 0 radical (unpaired) electrons. The highest BCUT2D eigenvalue weighted by Crippen LogP contribution is 2.18. The molecule has 0 saturated heterocycles. The molecule has 0 aliphatic rings. The number of aryl methyl sites for hydroxylation is 1. The van der Waals surface area contributed by atoms with Crippen molar-refractivity contribution >= 4 is 0 Å². The van der Waals surface area contributed by atoms with Gasteiger partial charge in [-0.3, -0.25) is 0 Å². The van der Waals surface area contributed by atoms with Crippen molar-refractivity contribution < 1.29 is 8.78 Å². The maximum atomic E-state index is 12.3. The first-order valence-electron chi connectivity index (χ1n) is 4.58. The molecule has 0 fully saturated rings. The predicted molar refractivity (Wildman–Crippen MR) is 53.3 cm³/mol. The highest BCUT2D eigenvalue weighted by Gasteiger charge is 2.11. The second-order valence-corrected chi connectivity index (χ2v) is 3.27. The molecule has 1 heterocycles. The lowest BCUT2D eigenvalue weighted by molar-refractivity contribution is 0.145. The van der Waals surface area contributed by atoms with Gasteiger partial charge < -0.3 is 0 Å². The maximum absolute atomic E-state index is 12.3. The van der Waals surface area contributed by atoms with Crippen LogP contribution in [0.1, 0.15) is 17.7 Å². The van der Waals surface area contributed by atoms with Crippen LogP contribution in [0.25, 0.3) is 5.69 Å². The van der Waals surface area contributed by atoms with Crippen molar-refractivity contribution in [2.75, 3.05) is 0 Å². The van der Waals surface area contributed by atoms with E-state index >= 15 is 0 Å². The van der Waals surface area contributed by atoms with Crippen molar-refractivity contribution in [3.05, 3.63) is 47.8 Å². The summed E-state index contributed by atoms with van der Waals surface area (Å²) < 4.78 is 26.1. The molecular weight excluding hydrogens is 198 g/mol. The number of alkyl halides is 2. The van der Waals surface area contributed by atoms with E-state index in [1.807, 2.05) is 31.2 Å². The first-order valence-corrected chi connectivity index (χ1v) is 4.58. The fourth-order valence-electron chi connectivity index (χ4n) is 1.41. The molecule has 0 saturated carbocycles. The second-order valence-electron chi connectivity index (χ2n) is 3.27. The lowest BCUT2D eigenvalue weighted by Crippen LogP contribution is -1.98. The van der Waals surface area contributed by atoms with Crippen LogP contribution in [0.4, 0.5) is 8.78 Å². The maximum Gasteiger partial charge on any atom is 0.282 e. The molecule has 0 unspecified atom stereocenters. The number of para-hydroxylation sites is 1. The highest BCUT2D eigenvalue weighted by atomic mass is 19.3. The van der Waals surface area contributed by atoms with Gasteiger partial charge in [0.2, 0.25) is 0 Å². The van der Waals surface area contributed by atoms with E-state index in [1.54, 1.807) is 6.20 Å². The molecule has 1 aromatic carbocycles. The summed E-state index contributed by atoms with van der Waals surface area (Å²) in [5, 5.41) is 3.81. The summed E-state index contributed by atoms with van der Waals surface area (Å²) in [6, 6.07) is 8.84. The van der Waals surface area contributed by atoms with Gasteiger partial charge in [0.15, 0.2) is 0 Å². The van der Waals surface area contributed by atoms with E-state index in [0.717, 1.165) is 11.3 Å². The standard InChI is InChI=1S/C11H10F2N2/c1-8-4-2-3-5-10(8)15-7-6-9(14-15)11(12)13/h2-7,11H,1H3. The Bertz CT molecular complexity index is 463. The van der Waals surface area contributed by atoms with E-state index in [2.05, 4.69) is 5.10 Å². The van der Waals surface area contributed by atoms with Gasteiger partial charge in [0, 0.05) is 6.20 Å². The van der Waals surface area contributed by atoms with E-state index < -0.39 is 6.43 Å². The SMILES string of the molecule is Cc1ccccc1-n1ccc(C(F)F)n1. The zero-order chi connectivity index (χ0) is 10.8. The Kier molecular flexibility index (Phi) is 2.49. The summed E-state index contributed by atoms with van der Waals surface area (Å²) in [6.45, 7) is 1.92. The Morgan fingerprint density at radius 1 is 1.20 bits per heavy atom. The minimum atomic E-state index is -2.52. The normalized spacial score (nSPS) is 10.9. The minimum absolute atomic E-state index is 0.196. The van der Waals surface area contributed by atoms with Crippen LogP contribution in [0.15, 0.2) is 36.5 Å². The fraction of sp³-hybridized carbons (Fsp3) is 0.182. The highest BCUT2D eigenvalue weighted by molar-refractivity contribution is 5.39. The smallest absolute Gasteiger partial charge is 0.240 e. The van der Waals surface area contributed by atoms with E-state index in [0.29, 0.717) is 0 Å². The molecule has 0 atom stereocenters. The Morgan fingerprint density at radius 2 is 1.93 bits per heavy atom. The van der Waals surface area contributed by atoms with E-state index in [4.69, 9.17) is 0 Å². The zero-order valence-corrected chi connectivity index (χ0v) is 8.19. The summed E-state index contributed by atoms with van der Waals surface area (Å²) in [4.78, 5) is 0. The molecule has 78 valence electrons. The summed E-state index contributed by atoms with van der Waals surface area (Å²) in [5.74, 6) is 0. The van der Waals surface area contributed by atoms with Crippen molar-refractivity contribution in [1.29, 1.82) is 0 Å². The Balaban J connectivity index is 2.42. The van der Waals surface area contributed by atoms with Crippen molar-refractivity contribution in [2.24, 2.45) is 0 Å². The number of aromatic nitrogens is 2. The van der Waals surface area contributed by atoms with E-state index in [9.17, 15) is 8.78 Å². The summed E-state index contributed by atoms with van der Waals surface area (Å²) in [7, 11) is 0. The van der Waals surface area contributed by atoms with Crippen LogP contribution in [0, 0.1) is 6.92 Å². The monoisotopic (exact) mass is 208 g/mol. The largest absolute Gasteiger partial charge is 0.282 e. The lowest BCUT2D eigenvalue weighted by atomic mass is 10.2. The Labute approximate surface area is 86.2 Å². The molecule has 0 aliphatic carbocycles. The summed E-state index contributed by atoms with van der Waals surface area (Å²) in [5.41, 5.74) is 1.63. The fourth-order valence-corrected chi connectivity index (χ4v) is 1.41. The zero-order valence-electron chi connectivity index (χ0n) is 8.19. The van der Waals surface area contributed by atoms with Crippen molar-refractivity contribution in [3.8, 4) is 5.69 Å². The quantitative estimate of drug-likeness (QED) is 0.741. The van der Waals surface area contributed by atoms with Gasteiger partial charge in [-0.2, -0.15) is 5.10 Å². The summed E-state index contributed by atoms with van der Waals surface area (Å²) >= 11 is 0. The van der Waals surface area contributed by atoms with E-state index in [-0.39, 0.29) is 5.69 Å².